The standard InChI is InChI=1S/C30H35F2N4O10P.C25H27F2N4O8P/c1-19(25(37)41-17-20-11-7-5-8-12-20)35-47(40,46-21-13-9-6-10-14-21)42-18-22-24(44-28(39)45-29(2,3)4)30(31,32)26(43-22)36-16-15-23(33)34-27(36)38;1-16(22(33)36-14-17-8-4-2-5-9-17)30-40(35,39-18-10-6-3-7-11-18)37-15-19-21(32)25(26,27)23(38-19)31-13-12-20(28)29-24(31)34/h5-16,19,22,24,26H,17-18H2,1-4H3,(H,35,40)(H2,33,34,38);2-13,16,19,21,23,32H,14-15H2,1H3,(H,30,35)(H2,28,29,34)/t19-,22+,24+,26+,47?;16-,19+,21+,23+,40?/m00/s1. The van der Waals surface area contributed by atoms with E-state index in [1.165, 1.54) is 58.9 Å². The van der Waals surface area contributed by atoms with Crippen LogP contribution in [0.15, 0.2) is 155 Å². The average molecular weight is 1260 g/mol. The molecule has 0 amide bonds. The number of aromatic nitrogens is 4. The van der Waals surface area contributed by atoms with Crippen LogP contribution in [0.1, 0.15) is 58.2 Å². The number of anilines is 2. The maximum atomic E-state index is 15.9. The molecule has 32 heteroatoms. The molecule has 2 aliphatic rings. The number of alkyl halides is 4. The number of aliphatic hydroxyl groups excluding tert-OH is 1. The molecule has 0 aliphatic carbocycles. The monoisotopic (exact) mass is 1260 g/mol. The summed E-state index contributed by atoms with van der Waals surface area (Å²) < 4.78 is 144. The summed E-state index contributed by atoms with van der Waals surface area (Å²) in [4.78, 5) is 69.3. The number of nitrogens with one attached hydrogen (secondary N) is 2. The maximum absolute atomic E-state index is 15.9. The lowest BCUT2D eigenvalue weighted by Crippen LogP contribution is -2.45. The highest BCUT2D eigenvalue weighted by atomic mass is 31.2. The third kappa shape index (κ3) is 18.3. The van der Waals surface area contributed by atoms with Gasteiger partial charge in [-0.2, -0.15) is 37.7 Å². The van der Waals surface area contributed by atoms with Crippen LogP contribution in [0.25, 0.3) is 0 Å². The minimum Gasteiger partial charge on any atom is -0.460 e. The lowest BCUT2D eigenvalue weighted by atomic mass is 10.1. The molecule has 0 bridgehead atoms. The number of carbonyl (C=O) groups is 3. The normalized spacial score (nSPS) is 21.5. The highest BCUT2D eigenvalue weighted by Crippen LogP contribution is 2.50. The van der Waals surface area contributed by atoms with Crippen LogP contribution in [-0.2, 0) is 69.4 Å². The Morgan fingerprint density at radius 1 is 0.632 bits per heavy atom. The quantitative estimate of drug-likeness (QED) is 0.0182. The third-order valence-corrected chi connectivity index (χ3v) is 15.5. The molecule has 10 atom stereocenters. The van der Waals surface area contributed by atoms with Gasteiger partial charge < -0.3 is 54.0 Å². The zero-order valence-electron chi connectivity index (χ0n) is 47.0. The lowest BCUT2D eigenvalue weighted by molar-refractivity contribution is -0.149. The number of esters is 2. The molecule has 87 heavy (non-hydrogen) atoms. The summed E-state index contributed by atoms with van der Waals surface area (Å²) >= 11 is 0. The summed E-state index contributed by atoms with van der Waals surface area (Å²) in [5.74, 6) is -9.92. The molecule has 2 aromatic heterocycles. The summed E-state index contributed by atoms with van der Waals surface area (Å²) in [5.41, 5.74) is 8.93. The van der Waals surface area contributed by atoms with Gasteiger partial charge in [0.2, 0.25) is 18.6 Å². The molecule has 26 nitrogen and oxygen atoms in total. The first-order valence-corrected chi connectivity index (χ1v) is 29.4. The first kappa shape index (κ1) is 66.5. The second kappa shape index (κ2) is 28.6. The summed E-state index contributed by atoms with van der Waals surface area (Å²) in [6.07, 6.45) is -12.6. The largest absolute Gasteiger partial charge is 0.509 e. The van der Waals surface area contributed by atoms with Crippen molar-refractivity contribution >= 4 is 45.2 Å². The Hall–Kier alpha value is -8.05. The van der Waals surface area contributed by atoms with Gasteiger partial charge in [0.05, 0.1) is 13.2 Å². The zero-order valence-corrected chi connectivity index (χ0v) is 48.8. The van der Waals surface area contributed by atoms with Crippen LogP contribution in [0, 0.1) is 0 Å². The van der Waals surface area contributed by atoms with Gasteiger partial charge in [-0.15, -0.1) is 0 Å². The number of nitrogens with two attached hydrogens (primary N) is 2. The number of nitrogen functional groups attached to an aromatic ring is 2. The number of hydrogen-bond donors (Lipinski definition) is 5. The predicted molar refractivity (Wildman–Crippen MR) is 300 cm³/mol. The van der Waals surface area contributed by atoms with E-state index in [0.29, 0.717) is 14.7 Å². The predicted octanol–water partition coefficient (Wildman–Crippen LogP) is 7.25. The number of para-hydroxylation sites is 2. The van der Waals surface area contributed by atoms with E-state index in [-0.39, 0.29) is 36.3 Å². The number of rotatable bonds is 23. The number of nitrogens with zero attached hydrogens (tertiary/aromatic N) is 4. The van der Waals surface area contributed by atoms with Crippen molar-refractivity contribution in [1.82, 2.24) is 29.3 Å². The molecule has 2 saturated heterocycles. The highest BCUT2D eigenvalue weighted by Gasteiger charge is 2.64. The van der Waals surface area contributed by atoms with Crippen molar-refractivity contribution in [3.05, 3.63) is 178 Å². The van der Waals surface area contributed by atoms with Gasteiger partial charge in [0.15, 0.2) is 6.10 Å². The molecule has 4 aromatic carbocycles. The minimum atomic E-state index is -4.59. The van der Waals surface area contributed by atoms with E-state index in [1.54, 1.807) is 97.1 Å². The molecule has 2 unspecified atom stereocenters. The Bertz CT molecular complexity index is 3510. The molecular formula is C55H62F4N8O18P2. The van der Waals surface area contributed by atoms with Crippen molar-refractivity contribution in [2.75, 3.05) is 24.7 Å². The van der Waals surface area contributed by atoms with E-state index >= 15 is 8.78 Å². The molecule has 7 N–H and O–H groups in total. The van der Waals surface area contributed by atoms with E-state index in [2.05, 4.69) is 20.1 Å². The minimum absolute atomic E-state index is 0.0461. The van der Waals surface area contributed by atoms with Crippen molar-refractivity contribution < 1.29 is 92.7 Å². The molecule has 0 radical (unpaired) electrons. The summed E-state index contributed by atoms with van der Waals surface area (Å²) in [7, 11) is -9.05. The van der Waals surface area contributed by atoms with Gasteiger partial charge in [-0.3, -0.25) is 27.8 Å². The maximum Gasteiger partial charge on any atom is 0.509 e. The Labute approximate surface area is 494 Å². The Morgan fingerprint density at radius 2 is 1.01 bits per heavy atom. The SMILES string of the molecule is C[C@H](NP(=O)(OC[C@H]1O[C@@H](n2ccc(N)nc2=O)C(F)(F)[C@@H]1O)Oc1ccccc1)C(=O)OCc1ccccc1.C[C@H](NP(=O)(OC[C@H]1O[C@@H](n2ccc(N)nc2=O)C(F)(F)[C@@H]1OC(=O)OC(C)(C)C)Oc1ccccc1)C(=O)OCc1ccccc1. The zero-order chi connectivity index (χ0) is 63.3. The lowest BCUT2D eigenvalue weighted by Gasteiger charge is -2.27. The van der Waals surface area contributed by atoms with Gasteiger partial charge in [-0.25, -0.2) is 23.5 Å². The van der Waals surface area contributed by atoms with E-state index in [9.17, 15) is 47.0 Å². The van der Waals surface area contributed by atoms with Crippen LogP contribution in [0.5, 0.6) is 11.5 Å². The third-order valence-electron chi connectivity index (χ3n) is 12.2. The van der Waals surface area contributed by atoms with Crippen molar-refractivity contribution in [3.8, 4) is 11.5 Å². The molecule has 4 heterocycles. The van der Waals surface area contributed by atoms with Crippen LogP contribution in [0.4, 0.5) is 34.0 Å². The van der Waals surface area contributed by atoms with Crippen LogP contribution >= 0.6 is 15.5 Å². The van der Waals surface area contributed by atoms with E-state index in [4.69, 9.17) is 58.0 Å². The molecule has 468 valence electrons. The topological polar surface area (TPSA) is 344 Å². The number of hydrogen-bond acceptors (Lipinski definition) is 22. The molecule has 2 aliphatic heterocycles. The van der Waals surface area contributed by atoms with Gasteiger partial charge in [0.25, 0.3) is 0 Å². The summed E-state index contributed by atoms with van der Waals surface area (Å²) in [5, 5.41) is 15.2. The number of halogens is 4. The van der Waals surface area contributed by atoms with Crippen molar-refractivity contribution in [1.29, 1.82) is 0 Å². The number of ether oxygens (including phenoxy) is 6. The number of carbonyl (C=O) groups excluding carboxylic acids is 3. The molecular weight excluding hydrogens is 1200 g/mol. The van der Waals surface area contributed by atoms with Crippen LogP contribution in [-0.4, -0.2) is 109 Å². The van der Waals surface area contributed by atoms with E-state index in [1.807, 2.05) is 0 Å². The second-order valence-corrected chi connectivity index (χ2v) is 23.6. The van der Waals surface area contributed by atoms with Gasteiger partial charge in [0, 0.05) is 12.4 Å². The average Bonchev–Trinajstić information content (AvgIpc) is 1.77. The number of aliphatic hydroxyl groups is 1. The molecule has 6 aromatic rings. The second-order valence-electron chi connectivity index (χ2n) is 20.2. The highest BCUT2D eigenvalue weighted by molar-refractivity contribution is 7.52. The fraction of sp³-hybridized carbons (Fsp3) is 0.364. The Balaban J connectivity index is 0.000000252. The summed E-state index contributed by atoms with van der Waals surface area (Å²) in [6.45, 7) is 5.24. The fourth-order valence-corrected chi connectivity index (χ4v) is 11.0. The van der Waals surface area contributed by atoms with Crippen LogP contribution in [0.3, 0.4) is 0 Å². The van der Waals surface area contributed by atoms with Crippen molar-refractivity contribution in [3.63, 3.8) is 0 Å². The van der Waals surface area contributed by atoms with Crippen molar-refractivity contribution in [2.45, 2.75) is 114 Å². The molecule has 0 saturated carbocycles. The van der Waals surface area contributed by atoms with Crippen LogP contribution in [0.2, 0.25) is 0 Å². The Morgan fingerprint density at radius 3 is 1.41 bits per heavy atom. The van der Waals surface area contributed by atoms with Crippen molar-refractivity contribution in [2.24, 2.45) is 0 Å². The van der Waals surface area contributed by atoms with Gasteiger partial charge in [-0.1, -0.05) is 97.1 Å². The molecule has 0 spiro atoms. The molecule has 2 fully saturated rings. The van der Waals surface area contributed by atoms with Gasteiger partial charge >= 0.3 is 56.8 Å². The first-order valence-electron chi connectivity index (χ1n) is 26.3. The number of benzene rings is 4. The smallest absolute Gasteiger partial charge is 0.460 e. The van der Waals surface area contributed by atoms with E-state index in [0.717, 1.165) is 30.1 Å². The van der Waals surface area contributed by atoms with Crippen LogP contribution < -0.4 is 42.1 Å². The van der Waals surface area contributed by atoms with Gasteiger partial charge in [0.1, 0.15) is 66.2 Å². The fourth-order valence-electron chi connectivity index (χ4n) is 7.99. The van der Waals surface area contributed by atoms with Gasteiger partial charge in [-0.05, 0) is 82.1 Å². The Kier molecular flexibility index (Phi) is 21.9. The first-order chi connectivity index (χ1) is 41.0. The molecule has 8 rings (SSSR count). The summed E-state index contributed by atoms with van der Waals surface area (Å²) in [6, 6.07) is 32.8. The van der Waals surface area contributed by atoms with E-state index < -0.39 is 125 Å².